The van der Waals surface area contributed by atoms with Crippen molar-refractivity contribution in [2.24, 2.45) is 15.7 Å². The molecule has 0 aromatic carbocycles. The van der Waals surface area contributed by atoms with E-state index in [1.807, 2.05) is 12.2 Å². The predicted molar refractivity (Wildman–Crippen MR) is 75.0 cm³/mol. The van der Waals surface area contributed by atoms with Crippen molar-refractivity contribution in [3.8, 4) is 0 Å². The number of anilines is 1. The Hall–Kier alpha value is -2.57. The van der Waals surface area contributed by atoms with Crippen LogP contribution in [0, 0.1) is 0 Å². The number of nitrogens with zero attached hydrogens (tertiary/aromatic N) is 3. The predicted octanol–water partition coefficient (Wildman–Crippen LogP) is -0.438. The van der Waals surface area contributed by atoms with Crippen LogP contribution >= 0.6 is 0 Å². The summed E-state index contributed by atoms with van der Waals surface area (Å²) < 4.78 is 0. The average Bonchev–Trinajstić information content (AvgIpc) is 3.01. The van der Waals surface area contributed by atoms with Crippen LogP contribution in [0.4, 0.5) is 5.82 Å². The number of nitrogen functional groups attached to an aromatic ring is 1. The smallest absolute Gasteiger partial charge is 0.152 e. The zero-order valence-corrected chi connectivity index (χ0v) is 10.2. The highest BCUT2D eigenvalue weighted by Gasteiger charge is 2.25. The summed E-state index contributed by atoms with van der Waals surface area (Å²) in [6, 6.07) is 0.391. The Morgan fingerprint density at radius 3 is 2.95 bits per heavy atom. The first kappa shape index (κ1) is 11.5. The molecule has 1 aliphatic carbocycles. The molecular formula is C12H15N7. The van der Waals surface area contributed by atoms with Crippen molar-refractivity contribution < 1.29 is 0 Å². The van der Waals surface area contributed by atoms with Crippen LogP contribution in [-0.4, -0.2) is 40.3 Å². The molecule has 2 atom stereocenters. The first-order valence-corrected chi connectivity index (χ1v) is 6.01. The average molecular weight is 257 g/mol. The Kier molecular flexibility index (Phi) is 2.79. The molecule has 1 aromatic rings. The number of amidine groups is 2. The van der Waals surface area contributed by atoms with E-state index in [0.717, 1.165) is 5.84 Å². The van der Waals surface area contributed by atoms with Gasteiger partial charge in [-0.3, -0.25) is 9.98 Å². The monoisotopic (exact) mass is 257 g/mol. The Bertz CT molecular complexity index is 593. The van der Waals surface area contributed by atoms with Crippen molar-refractivity contribution >= 4 is 17.5 Å². The third kappa shape index (κ3) is 2.22. The lowest BCUT2D eigenvalue weighted by atomic mass is 10.1. The van der Waals surface area contributed by atoms with E-state index in [1.54, 1.807) is 0 Å². The molecule has 0 bridgehead atoms. The highest BCUT2D eigenvalue weighted by molar-refractivity contribution is 6.01. The lowest BCUT2D eigenvalue weighted by molar-refractivity contribution is 0.694. The summed E-state index contributed by atoms with van der Waals surface area (Å²) >= 11 is 0. The number of rotatable bonds is 3. The van der Waals surface area contributed by atoms with Gasteiger partial charge in [0.25, 0.3) is 0 Å². The van der Waals surface area contributed by atoms with Gasteiger partial charge in [0.2, 0.25) is 0 Å². The molecular weight excluding hydrogens is 242 g/mol. The third-order valence-corrected chi connectivity index (χ3v) is 3.07. The molecule has 0 spiro atoms. The van der Waals surface area contributed by atoms with Gasteiger partial charge in [-0.2, -0.15) is 0 Å². The summed E-state index contributed by atoms with van der Waals surface area (Å²) in [5, 5.41) is 3.30. The van der Waals surface area contributed by atoms with E-state index < -0.39 is 0 Å². The number of hydrogen-bond donors (Lipinski definition) is 4. The highest BCUT2D eigenvalue weighted by atomic mass is 15.1. The van der Waals surface area contributed by atoms with Gasteiger partial charge in [0.15, 0.2) is 5.82 Å². The molecule has 0 saturated carbocycles. The molecule has 19 heavy (non-hydrogen) atoms. The Labute approximate surface area is 110 Å². The maximum atomic E-state index is 5.85. The van der Waals surface area contributed by atoms with Crippen molar-refractivity contribution in [1.82, 2.24) is 15.3 Å². The number of nitrogens with two attached hydrogens (primary N) is 2. The largest absolute Gasteiger partial charge is 0.382 e. The number of H-pyrrole nitrogens is 1. The van der Waals surface area contributed by atoms with Crippen LogP contribution in [0.5, 0.6) is 0 Å². The maximum Gasteiger partial charge on any atom is 0.152 e. The Morgan fingerprint density at radius 1 is 1.37 bits per heavy atom. The fourth-order valence-electron chi connectivity index (χ4n) is 2.10. The summed E-state index contributed by atoms with van der Waals surface area (Å²) in [6.45, 7) is 0.402. The van der Waals surface area contributed by atoms with Crippen LogP contribution in [0.2, 0.25) is 0 Å². The molecule has 6 N–H and O–H groups in total. The first-order chi connectivity index (χ1) is 9.24. The molecule has 3 rings (SSSR count). The summed E-state index contributed by atoms with van der Waals surface area (Å²) in [7, 11) is 0. The van der Waals surface area contributed by atoms with E-state index in [1.165, 1.54) is 6.33 Å². The first-order valence-electron chi connectivity index (χ1n) is 6.01. The number of aliphatic imine (C=N–C) groups is 2. The highest BCUT2D eigenvalue weighted by Crippen LogP contribution is 2.14. The van der Waals surface area contributed by atoms with Gasteiger partial charge in [-0.1, -0.05) is 24.3 Å². The van der Waals surface area contributed by atoms with Crippen LogP contribution in [0.1, 0.15) is 5.69 Å². The fourth-order valence-corrected chi connectivity index (χ4v) is 2.10. The van der Waals surface area contributed by atoms with E-state index in [4.69, 9.17) is 11.5 Å². The quantitative estimate of drug-likeness (QED) is 0.434. The van der Waals surface area contributed by atoms with Gasteiger partial charge in [-0.25, -0.2) is 4.98 Å². The Morgan fingerprint density at radius 2 is 2.21 bits per heavy atom. The molecule has 7 nitrogen and oxygen atoms in total. The van der Waals surface area contributed by atoms with Crippen molar-refractivity contribution in [1.29, 1.82) is 0 Å². The summed E-state index contributed by atoms with van der Waals surface area (Å²) in [6.07, 6.45) is 9.64. The van der Waals surface area contributed by atoms with Crippen molar-refractivity contribution in [3.63, 3.8) is 0 Å². The fraction of sp³-hybridized carbons (Fsp3) is 0.250. The number of imidazole rings is 1. The van der Waals surface area contributed by atoms with Gasteiger partial charge in [-0.15, -0.1) is 0 Å². The molecule has 2 aliphatic rings. The lowest BCUT2D eigenvalue weighted by Gasteiger charge is -2.13. The van der Waals surface area contributed by atoms with Crippen LogP contribution < -0.4 is 16.8 Å². The van der Waals surface area contributed by atoms with E-state index in [0.29, 0.717) is 23.9 Å². The van der Waals surface area contributed by atoms with Crippen molar-refractivity contribution in [2.45, 2.75) is 12.1 Å². The second-order valence-corrected chi connectivity index (χ2v) is 4.37. The minimum atomic E-state index is 0.161. The normalized spacial score (nSPS) is 25.1. The number of hydrogen-bond acceptors (Lipinski definition) is 5. The second kappa shape index (κ2) is 4.60. The standard InChI is InChI=1S/C12H15N7/c13-11(10-12(14)17-6-16-10)15-5-9-18-7-3-1-2-4-8(7)19-9/h1-4,6-8H,5,14H2,(H2,13,15)(H,16,17)(H,18,19). The van der Waals surface area contributed by atoms with Crippen LogP contribution in [0.15, 0.2) is 40.6 Å². The van der Waals surface area contributed by atoms with E-state index >= 15 is 0 Å². The van der Waals surface area contributed by atoms with Crippen molar-refractivity contribution in [3.05, 3.63) is 36.3 Å². The molecule has 0 amide bonds. The van der Waals surface area contributed by atoms with Gasteiger partial charge in [-0.05, 0) is 0 Å². The Balaban J connectivity index is 1.69. The van der Waals surface area contributed by atoms with Crippen LogP contribution in [0.3, 0.4) is 0 Å². The van der Waals surface area contributed by atoms with Gasteiger partial charge >= 0.3 is 0 Å². The van der Waals surface area contributed by atoms with Gasteiger partial charge in [0, 0.05) is 0 Å². The SMILES string of the molecule is NC(=NCC1=NC2C=CC=CC2N1)c1[nH]cnc1N. The molecule has 2 heterocycles. The van der Waals surface area contributed by atoms with Crippen molar-refractivity contribution in [2.75, 3.05) is 12.3 Å². The van der Waals surface area contributed by atoms with Crippen LogP contribution in [0.25, 0.3) is 0 Å². The molecule has 98 valence electrons. The maximum absolute atomic E-state index is 5.85. The number of allylic oxidation sites excluding steroid dienone is 2. The zero-order chi connectivity index (χ0) is 13.2. The molecule has 2 unspecified atom stereocenters. The summed E-state index contributed by atoms with van der Waals surface area (Å²) in [4.78, 5) is 15.5. The number of aromatic nitrogens is 2. The van der Waals surface area contributed by atoms with Gasteiger partial charge in [0.1, 0.15) is 17.4 Å². The number of fused-ring (bicyclic) bond motifs is 1. The summed E-state index contributed by atoms with van der Waals surface area (Å²) in [5.74, 6) is 1.51. The van der Waals surface area contributed by atoms with Gasteiger partial charge in [0.05, 0.1) is 25.0 Å². The molecule has 0 radical (unpaired) electrons. The van der Waals surface area contributed by atoms with E-state index in [-0.39, 0.29) is 12.1 Å². The molecule has 0 fully saturated rings. The summed E-state index contributed by atoms with van der Waals surface area (Å²) in [5.41, 5.74) is 12.1. The lowest BCUT2D eigenvalue weighted by Crippen LogP contribution is -2.34. The third-order valence-electron chi connectivity index (χ3n) is 3.07. The zero-order valence-electron chi connectivity index (χ0n) is 10.2. The topological polar surface area (TPSA) is 117 Å². The number of nitrogens with one attached hydrogen (secondary N) is 2. The second-order valence-electron chi connectivity index (χ2n) is 4.37. The van der Waals surface area contributed by atoms with E-state index in [2.05, 4.69) is 37.4 Å². The van der Waals surface area contributed by atoms with Gasteiger partial charge < -0.3 is 21.8 Å². The number of aromatic amines is 1. The molecule has 1 aromatic heterocycles. The van der Waals surface area contributed by atoms with E-state index in [9.17, 15) is 0 Å². The molecule has 7 heteroatoms. The molecule has 1 aliphatic heterocycles. The van der Waals surface area contributed by atoms with Crippen LogP contribution in [-0.2, 0) is 0 Å². The minimum absolute atomic E-state index is 0.161. The molecule has 0 saturated heterocycles. The minimum Gasteiger partial charge on any atom is -0.382 e.